The van der Waals surface area contributed by atoms with E-state index < -0.39 is 5.69 Å². The lowest BCUT2D eigenvalue weighted by molar-refractivity contribution is 0.708. The first kappa shape index (κ1) is 17.5. The van der Waals surface area contributed by atoms with Gasteiger partial charge in [-0.2, -0.15) is 4.98 Å². The maximum atomic E-state index is 12.9. The molecule has 3 aromatic heterocycles. The second kappa shape index (κ2) is 6.22. The van der Waals surface area contributed by atoms with E-state index in [-0.39, 0.29) is 5.56 Å². The molecule has 0 N–H and O–H groups in total. The fraction of sp³-hybridized carbons (Fsp3) is 0.0952. The lowest BCUT2D eigenvalue weighted by Crippen LogP contribution is -2.37. The maximum Gasteiger partial charge on any atom is 0.332 e. The highest BCUT2D eigenvalue weighted by Crippen LogP contribution is 2.29. The highest BCUT2D eigenvalue weighted by atomic mass is 35.5. The molecule has 5 rings (SSSR count). The molecule has 0 saturated heterocycles. The molecule has 2 aromatic carbocycles. The first-order chi connectivity index (χ1) is 14.0. The van der Waals surface area contributed by atoms with Crippen molar-refractivity contribution in [2.45, 2.75) is 0 Å². The first-order valence-corrected chi connectivity index (χ1v) is 9.36. The molecule has 7 nitrogen and oxygen atoms in total. The van der Waals surface area contributed by atoms with Crippen LogP contribution in [-0.4, -0.2) is 23.1 Å². The van der Waals surface area contributed by atoms with Crippen molar-refractivity contribution in [1.29, 1.82) is 0 Å². The summed E-state index contributed by atoms with van der Waals surface area (Å²) in [5, 5.41) is 0.644. The fourth-order valence-electron chi connectivity index (χ4n) is 3.63. The van der Waals surface area contributed by atoms with Crippen molar-refractivity contribution in [2.24, 2.45) is 14.1 Å². The number of halogens is 1. The third-order valence-corrected chi connectivity index (χ3v) is 5.37. The van der Waals surface area contributed by atoms with E-state index in [1.54, 1.807) is 11.4 Å². The third kappa shape index (κ3) is 2.48. The minimum Gasteiger partial charge on any atom is -0.279 e. The Hall–Kier alpha value is -3.58. The number of nitrogens with zero attached hydrogens (tertiary/aromatic N) is 5. The molecule has 29 heavy (non-hydrogen) atoms. The van der Waals surface area contributed by atoms with Gasteiger partial charge in [-0.3, -0.25) is 22.9 Å². The molecule has 0 saturated carbocycles. The zero-order valence-electron chi connectivity index (χ0n) is 15.7. The normalized spacial score (nSPS) is 11.6. The smallest absolute Gasteiger partial charge is 0.279 e. The number of benzene rings is 2. The molecule has 0 bridgehead atoms. The summed E-state index contributed by atoms with van der Waals surface area (Å²) in [7, 11) is 3.08. The lowest BCUT2D eigenvalue weighted by Gasteiger charge is -2.09. The largest absolute Gasteiger partial charge is 0.332 e. The van der Waals surface area contributed by atoms with Crippen molar-refractivity contribution in [3.63, 3.8) is 0 Å². The second-order valence-electron chi connectivity index (χ2n) is 6.85. The van der Waals surface area contributed by atoms with Gasteiger partial charge >= 0.3 is 5.69 Å². The number of hydrogen-bond acceptors (Lipinski definition) is 3. The third-order valence-electron chi connectivity index (χ3n) is 5.12. The molecule has 8 heteroatoms. The molecule has 0 aliphatic heterocycles. The van der Waals surface area contributed by atoms with Gasteiger partial charge < -0.3 is 0 Å². The van der Waals surface area contributed by atoms with Crippen LogP contribution in [0.25, 0.3) is 33.9 Å². The Morgan fingerprint density at radius 3 is 2.28 bits per heavy atom. The Labute approximate surface area is 169 Å². The summed E-state index contributed by atoms with van der Waals surface area (Å²) in [5.74, 6) is 0.550. The number of para-hydroxylation sites is 1. The standard InChI is InChI=1S/C21H16ClN5O2/c1-24-18-17(19(28)25(2)21(24)29)26-12-16(13-8-10-14(22)11-9-13)27(20(26)23-18)15-6-4-3-5-7-15/h3-12H,1-2H3. The van der Waals surface area contributed by atoms with Gasteiger partial charge in [-0.05, 0) is 24.3 Å². The van der Waals surface area contributed by atoms with Crippen LogP contribution in [0.1, 0.15) is 0 Å². The van der Waals surface area contributed by atoms with Crippen LogP contribution in [0, 0.1) is 0 Å². The molecule has 0 amide bonds. The predicted octanol–water partition coefficient (Wildman–Crippen LogP) is 3.00. The lowest BCUT2D eigenvalue weighted by atomic mass is 10.1. The molecule has 0 aliphatic carbocycles. The average molecular weight is 406 g/mol. The van der Waals surface area contributed by atoms with E-state index in [0.29, 0.717) is 22.0 Å². The molecular weight excluding hydrogens is 390 g/mol. The number of imidazole rings is 2. The molecule has 0 atom stereocenters. The highest BCUT2D eigenvalue weighted by molar-refractivity contribution is 6.30. The minimum atomic E-state index is -0.410. The van der Waals surface area contributed by atoms with Gasteiger partial charge in [0.15, 0.2) is 11.2 Å². The Morgan fingerprint density at radius 2 is 1.59 bits per heavy atom. The van der Waals surface area contributed by atoms with Gasteiger partial charge in [0.25, 0.3) is 5.56 Å². The Morgan fingerprint density at radius 1 is 0.897 bits per heavy atom. The zero-order chi connectivity index (χ0) is 20.3. The predicted molar refractivity (Wildman–Crippen MR) is 113 cm³/mol. The molecule has 0 radical (unpaired) electrons. The number of fused-ring (bicyclic) bond motifs is 3. The summed E-state index contributed by atoms with van der Waals surface area (Å²) in [4.78, 5) is 29.9. The van der Waals surface area contributed by atoms with Crippen molar-refractivity contribution in [3.05, 3.63) is 86.7 Å². The SMILES string of the molecule is Cn1c(=O)c2c(nc3n(-c4ccccc4)c(-c4ccc(Cl)cc4)cn23)n(C)c1=O. The van der Waals surface area contributed by atoms with Gasteiger partial charge in [0.05, 0.1) is 5.69 Å². The monoisotopic (exact) mass is 405 g/mol. The zero-order valence-corrected chi connectivity index (χ0v) is 16.5. The van der Waals surface area contributed by atoms with Crippen LogP contribution in [0.15, 0.2) is 70.4 Å². The van der Waals surface area contributed by atoms with Crippen molar-refractivity contribution >= 4 is 28.5 Å². The Kier molecular flexibility index (Phi) is 3.75. The number of hydrogen-bond donors (Lipinski definition) is 0. The van der Waals surface area contributed by atoms with Gasteiger partial charge in [-0.1, -0.05) is 41.9 Å². The summed E-state index contributed by atoms with van der Waals surface area (Å²) in [6.45, 7) is 0. The van der Waals surface area contributed by atoms with Gasteiger partial charge in [-0.25, -0.2) is 4.79 Å². The quantitative estimate of drug-likeness (QED) is 0.453. The van der Waals surface area contributed by atoms with Crippen LogP contribution in [0.5, 0.6) is 0 Å². The summed E-state index contributed by atoms with van der Waals surface area (Å²) in [6, 6.07) is 17.2. The molecule has 0 aliphatic rings. The fourth-order valence-corrected chi connectivity index (χ4v) is 3.75. The van der Waals surface area contributed by atoms with E-state index in [1.165, 1.54) is 11.6 Å². The van der Waals surface area contributed by atoms with E-state index in [4.69, 9.17) is 11.6 Å². The molecule has 0 unspecified atom stereocenters. The number of aryl methyl sites for hydroxylation is 1. The number of aromatic nitrogens is 5. The van der Waals surface area contributed by atoms with E-state index >= 15 is 0 Å². The van der Waals surface area contributed by atoms with E-state index in [0.717, 1.165) is 21.5 Å². The minimum absolute atomic E-state index is 0.348. The van der Waals surface area contributed by atoms with Crippen LogP contribution in [-0.2, 0) is 14.1 Å². The summed E-state index contributed by atoms with van der Waals surface area (Å²) < 4.78 is 6.19. The van der Waals surface area contributed by atoms with Crippen molar-refractivity contribution in [2.75, 3.05) is 0 Å². The van der Waals surface area contributed by atoms with Gasteiger partial charge in [0.2, 0.25) is 5.78 Å². The first-order valence-electron chi connectivity index (χ1n) is 8.98. The molecular formula is C21H16ClN5O2. The van der Waals surface area contributed by atoms with E-state index in [1.807, 2.05) is 65.4 Å². The van der Waals surface area contributed by atoms with Gasteiger partial charge in [0.1, 0.15) is 0 Å². The van der Waals surface area contributed by atoms with E-state index in [9.17, 15) is 9.59 Å². The van der Waals surface area contributed by atoms with E-state index in [2.05, 4.69) is 4.98 Å². The summed E-state index contributed by atoms with van der Waals surface area (Å²) >= 11 is 6.06. The van der Waals surface area contributed by atoms with Crippen molar-refractivity contribution in [3.8, 4) is 16.9 Å². The highest BCUT2D eigenvalue weighted by Gasteiger charge is 2.21. The van der Waals surface area contributed by atoms with Crippen LogP contribution < -0.4 is 11.2 Å². The van der Waals surface area contributed by atoms with Crippen LogP contribution in [0.2, 0.25) is 5.02 Å². The Bertz CT molecular complexity index is 1510. The molecule has 0 spiro atoms. The topological polar surface area (TPSA) is 66.2 Å². The molecule has 144 valence electrons. The van der Waals surface area contributed by atoms with Crippen LogP contribution in [0.4, 0.5) is 0 Å². The number of rotatable bonds is 2. The van der Waals surface area contributed by atoms with Crippen molar-refractivity contribution in [1.82, 2.24) is 23.1 Å². The average Bonchev–Trinajstić information content (AvgIpc) is 3.28. The Balaban J connectivity index is 1.97. The molecule has 3 heterocycles. The molecule has 5 aromatic rings. The second-order valence-corrected chi connectivity index (χ2v) is 7.29. The summed E-state index contributed by atoms with van der Waals surface area (Å²) in [5.41, 5.74) is 2.59. The van der Waals surface area contributed by atoms with Gasteiger partial charge in [0, 0.05) is 36.6 Å². The van der Waals surface area contributed by atoms with Crippen LogP contribution >= 0.6 is 11.6 Å². The molecule has 0 fully saturated rings. The van der Waals surface area contributed by atoms with Gasteiger partial charge in [-0.15, -0.1) is 0 Å². The van der Waals surface area contributed by atoms with Crippen LogP contribution in [0.3, 0.4) is 0 Å². The summed E-state index contributed by atoms with van der Waals surface area (Å²) in [6.07, 6.45) is 1.87. The van der Waals surface area contributed by atoms with Crippen molar-refractivity contribution < 1.29 is 0 Å². The maximum absolute atomic E-state index is 12.9.